The molecule has 0 saturated carbocycles. The van der Waals surface area contributed by atoms with E-state index in [0.29, 0.717) is 0 Å². The van der Waals surface area contributed by atoms with Crippen LogP contribution in [0.25, 0.3) is 0 Å². The van der Waals surface area contributed by atoms with E-state index in [1.807, 2.05) is 0 Å². The second kappa shape index (κ2) is 4.79. The van der Waals surface area contributed by atoms with Gasteiger partial charge in [0.15, 0.2) is 6.29 Å². The molecule has 8 heteroatoms. The van der Waals surface area contributed by atoms with Crippen LogP contribution in [0.2, 0.25) is 0 Å². The number of alkyl halides is 3. The first-order chi connectivity index (χ1) is 7.64. The Morgan fingerprint density at radius 2 is 1.88 bits per heavy atom. The average Bonchev–Trinajstić information content (AvgIpc) is 2.44. The Labute approximate surface area is 95.6 Å². The molecule has 5 nitrogen and oxygen atoms in total. The third-order valence-electron chi connectivity index (χ3n) is 2.52. The van der Waals surface area contributed by atoms with Gasteiger partial charge in [0.2, 0.25) is 0 Å². The topological polar surface area (TPSA) is 78.8 Å². The number of rotatable bonds is 2. The molecule has 1 fully saturated rings. The number of hydrogen-bond acceptors (Lipinski definition) is 4. The summed E-state index contributed by atoms with van der Waals surface area (Å²) in [6.45, 7) is 3.28. The van der Waals surface area contributed by atoms with Gasteiger partial charge in [-0.1, -0.05) is 13.8 Å². The van der Waals surface area contributed by atoms with Gasteiger partial charge in [-0.2, -0.15) is 13.2 Å². The Hall–Kier alpha value is -0.860. The quantitative estimate of drug-likeness (QED) is 0.638. The third kappa shape index (κ3) is 3.08. The van der Waals surface area contributed by atoms with Gasteiger partial charge in [0.05, 0.1) is 12.1 Å². The number of ether oxygens (including phenoxy) is 1. The summed E-state index contributed by atoms with van der Waals surface area (Å²) in [4.78, 5) is 10.8. The summed E-state index contributed by atoms with van der Waals surface area (Å²) in [7, 11) is 0. The van der Waals surface area contributed by atoms with Crippen molar-refractivity contribution in [3.8, 4) is 0 Å². The van der Waals surface area contributed by atoms with Crippen LogP contribution in [-0.2, 0) is 9.53 Å². The zero-order valence-electron chi connectivity index (χ0n) is 9.23. The number of carbonyl (C=O) groups excluding carboxylic acids is 1. The maximum absolute atomic E-state index is 12.1. The molecule has 0 aromatic carbocycles. The predicted molar refractivity (Wildman–Crippen MR) is 49.7 cm³/mol. The first-order valence-corrected chi connectivity index (χ1v) is 5.04. The molecule has 0 spiro atoms. The van der Waals surface area contributed by atoms with Crippen molar-refractivity contribution < 1.29 is 32.9 Å². The molecule has 17 heavy (non-hydrogen) atoms. The first-order valence-electron chi connectivity index (χ1n) is 5.04. The van der Waals surface area contributed by atoms with Crippen LogP contribution in [0.15, 0.2) is 0 Å². The van der Waals surface area contributed by atoms with E-state index in [1.165, 1.54) is 0 Å². The second-order valence-corrected chi connectivity index (χ2v) is 4.22. The highest BCUT2D eigenvalue weighted by Crippen LogP contribution is 2.26. The lowest BCUT2D eigenvalue weighted by Crippen LogP contribution is -2.52. The van der Waals surface area contributed by atoms with E-state index in [2.05, 4.69) is 0 Å². The van der Waals surface area contributed by atoms with Crippen LogP contribution >= 0.6 is 0 Å². The summed E-state index contributed by atoms with van der Waals surface area (Å²) in [5, 5.41) is 20.3. The molecule has 4 atom stereocenters. The summed E-state index contributed by atoms with van der Waals surface area (Å²) in [5.74, 6) is -2.43. The number of aliphatic hydroxyl groups excluding tert-OH is 2. The number of carbonyl (C=O) groups is 1. The maximum atomic E-state index is 12.1. The molecular weight excluding hydrogens is 243 g/mol. The summed E-state index contributed by atoms with van der Waals surface area (Å²) < 4.78 is 41.1. The lowest BCUT2D eigenvalue weighted by molar-refractivity contribution is -0.175. The molecule has 100 valence electrons. The summed E-state index contributed by atoms with van der Waals surface area (Å²) in [6, 6.07) is -1.28. The Morgan fingerprint density at radius 1 is 1.35 bits per heavy atom. The first kappa shape index (κ1) is 14.2. The standard InChI is InChI=1S/C9H14F3NO4/c1-3(2)6-4(5(14)7(15)17-6)13-8(16)9(10,11)12/h3-7,14-15H,1-2H3,(H,13,16)/t4-,5-,6-,7?/m1/s1. The molecule has 0 bridgehead atoms. The van der Waals surface area contributed by atoms with Crippen LogP contribution < -0.4 is 5.32 Å². The molecular formula is C9H14F3NO4. The highest BCUT2D eigenvalue weighted by atomic mass is 19.4. The SMILES string of the molecule is CC(C)[C@H]1OC(O)[C@H](O)[C@H]1NC(=O)C(F)(F)F. The van der Waals surface area contributed by atoms with Gasteiger partial charge in [0, 0.05) is 0 Å². The van der Waals surface area contributed by atoms with Gasteiger partial charge in [-0.25, -0.2) is 0 Å². The Balaban J connectivity index is 2.76. The van der Waals surface area contributed by atoms with Gasteiger partial charge in [-0.3, -0.25) is 4.79 Å². The molecule has 3 N–H and O–H groups in total. The largest absolute Gasteiger partial charge is 0.471 e. The molecule has 1 amide bonds. The molecule has 0 aromatic heterocycles. The van der Waals surface area contributed by atoms with Crippen molar-refractivity contribution >= 4 is 5.91 Å². The van der Waals surface area contributed by atoms with Crippen molar-refractivity contribution in [2.24, 2.45) is 5.92 Å². The van der Waals surface area contributed by atoms with E-state index in [-0.39, 0.29) is 5.92 Å². The normalized spacial score (nSPS) is 34.1. The number of hydrogen-bond donors (Lipinski definition) is 3. The number of amides is 1. The van der Waals surface area contributed by atoms with Gasteiger partial charge in [0.25, 0.3) is 0 Å². The van der Waals surface area contributed by atoms with Crippen molar-refractivity contribution in [3.63, 3.8) is 0 Å². The minimum Gasteiger partial charge on any atom is -0.386 e. The van der Waals surface area contributed by atoms with Gasteiger partial charge in [-0.15, -0.1) is 0 Å². The zero-order chi connectivity index (χ0) is 13.4. The van der Waals surface area contributed by atoms with E-state index in [4.69, 9.17) is 4.74 Å². The molecule has 1 saturated heterocycles. The Morgan fingerprint density at radius 3 is 2.29 bits per heavy atom. The number of nitrogens with one attached hydrogen (secondary N) is 1. The van der Waals surface area contributed by atoms with E-state index < -0.39 is 36.6 Å². The summed E-state index contributed by atoms with van der Waals surface area (Å²) in [5.41, 5.74) is 0. The Kier molecular flexibility index (Phi) is 4.00. The fraction of sp³-hybridized carbons (Fsp3) is 0.889. The van der Waals surface area contributed by atoms with E-state index in [1.54, 1.807) is 19.2 Å². The fourth-order valence-corrected chi connectivity index (χ4v) is 1.67. The van der Waals surface area contributed by atoms with Crippen molar-refractivity contribution in [2.75, 3.05) is 0 Å². The van der Waals surface area contributed by atoms with Crippen molar-refractivity contribution in [1.82, 2.24) is 5.32 Å². The fourth-order valence-electron chi connectivity index (χ4n) is 1.67. The van der Waals surface area contributed by atoms with Crippen LogP contribution in [0.1, 0.15) is 13.8 Å². The predicted octanol–water partition coefficient (Wildman–Crippen LogP) is -0.232. The van der Waals surface area contributed by atoms with Crippen LogP contribution in [0.4, 0.5) is 13.2 Å². The lowest BCUT2D eigenvalue weighted by atomic mass is 9.98. The minimum atomic E-state index is -5.03. The van der Waals surface area contributed by atoms with Crippen molar-refractivity contribution in [3.05, 3.63) is 0 Å². The van der Waals surface area contributed by atoms with Crippen molar-refractivity contribution in [2.45, 2.75) is 44.6 Å². The Bertz CT molecular complexity index is 294. The summed E-state index contributed by atoms with van der Waals surface area (Å²) in [6.07, 6.45) is -9.07. The van der Waals surface area contributed by atoms with Crippen LogP contribution in [0.3, 0.4) is 0 Å². The molecule has 1 rings (SSSR count). The number of aliphatic hydroxyl groups is 2. The van der Waals surface area contributed by atoms with Gasteiger partial charge in [0.1, 0.15) is 6.10 Å². The highest BCUT2D eigenvalue weighted by Gasteiger charge is 2.48. The average molecular weight is 257 g/mol. The van der Waals surface area contributed by atoms with Crippen molar-refractivity contribution in [1.29, 1.82) is 0 Å². The van der Waals surface area contributed by atoms with Crippen LogP contribution in [0.5, 0.6) is 0 Å². The molecule has 1 aliphatic rings. The number of halogens is 3. The van der Waals surface area contributed by atoms with Crippen LogP contribution in [-0.4, -0.2) is 46.8 Å². The van der Waals surface area contributed by atoms with E-state index in [9.17, 15) is 28.2 Å². The lowest BCUT2D eigenvalue weighted by Gasteiger charge is -2.24. The monoisotopic (exact) mass is 257 g/mol. The second-order valence-electron chi connectivity index (χ2n) is 4.22. The third-order valence-corrected chi connectivity index (χ3v) is 2.52. The molecule has 1 aliphatic heterocycles. The summed E-state index contributed by atoms with van der Waals surface area (Å²) >= 11 is 0. The maximum Gasteiger partial charge on any atom is 0.471 e. The molecule has 0 aliphatic carbocycles. The zero-order valence-corrected chi connectivity index (χ0v) is 9.23. The molecule has 1 unspecified atom stereocenters. The van der Waals surface area contributed by atoms with E-state index >= 15 is 0 Å². The highest BCUT2D eigenvalue weighted by molar-refractivity contribution is 5.82. The molecule has 0 radical (unpaired) electrons. The van der Waals surface area contributed by atoms with Gasteiger partial charge in [-0.05, 0) is 5.92 Å². The van der Waals surface area contributed by atoms with E-state index in [0.717, 1.165) is 0 Å². The minimum absolute atomic E-state index is 0.264. The van der Waals surface area contributed by atoms with Gasteiger partial charge >= 0.3 is 12.1 Å². The smallest absolute Gasteiger partial charge is 0.386 e. The van der Waals surface area contributed by atoms with Crippen LogP contribution in [0, 0.1) is 5.92 Å². The van der Waals surface area contributed by atoms with Gasteiger partial charge < -0.3 is 20.3 Å². The molecule has 1 heterocycles. The molecule has 0 aromatic rings.